The highest BCUT2D eigenvalue weighted by atomic mass is 32.1. The highest BCUT2D eigenvalue weighted by Crippen LogP contribution is 2.26. The molecule has 0 bridgehead atoms. The van der Waals surface area contributed by atoms with Crippen molar-refractivity contribution in [2.45, 2.75) is 0 Å². The zero-order chi connectivity index (χ0) is 20.8. The van der Waals surface area contributed by atoms with Crippen molar-refractivity contribution in [2.24, 2.45) is 0 Å². The molecule has 3 rings (SSSR count). The number of pyridine rings is 1. The first-order valence-corrected chi connectivity index (χ1v) is 9.01. The lowest BCUT2D eigenvalue weighted by molar-refractivity contribution is -0.575. The van der Waals surface area contributed by atoms with Crippen molar-refractivity contribution in [3.05, 3.63) is 94.8 Å². The van der Waals surface area contributed by atoms with Gasteiger partial charge in [-0.3, -0.25) is 10.1 Å². The molecule has 0 fully saturated rings. The third-order valence-corrected chi connectivity index (χ3v) is 4.42. The van der Waals surface area contributed by atoms with Crippen LogP contribution < -0.4 is 14.6 Å². The van der Waals surface area contributed by atoms with Crippen LogP contribution in [0.4, 0.5) is 11.4 Å². The number of nitro groups is 1. The van der Waals surface area contributed by atoms with Gasteiger partial charge in [-0.15, -0.1) is 0 Å². The molecule has 0 atom stereocenters. The third-order valence-electron chi connectivity index (χ3n) is 4.13. The maximum atomic E-state index is 11.3. The van der Waals surface area contributed by atoms with Crippen LogP contribution in [0, 0.1) is 10.1 Å². The first kappa shape index (κ1) is 20.0. The van der Waals surface area contributed by atoms with Crippen molar-refractivity contribution in [1.82, 2.24) is 0 Å². The normalized spacial score (nSPS) is 11.3. The van der Waals surface area contributed by atoms with Crippen LogP contribution in [0.2, 0.25) is 0 Å². The molecule has 7 nitrogen and oxygen atoms in total. The average Bonchev–Trinajstić information content (AvgIpc) is 2.75. The summed E-state index contributed by atoms with van der Waals surface area (Å²) in [6.45, 7) is 0. The second-order valence-corrected chi connectivity index (χ2v) is 6.35. The van der Waals surface area contributed by atoms with E-state index in [0.29, 0.717) is 11.3 Å². The van der Waals surface area contributed by atoms with Gasteiger partial charge in [0.25, 0.3) is 11.4 Å². The number of para-hydroxylation sites is 2. The number of aliphatic hydroxyl groups is 1. The Morgan fingerprint density at radius 1 is 1.07 bits per heavy atom. The summed E-state index contributed by atoms with van der Waals surface area (Å²) in [4.78, 5) is 10.9. The molecule has 0 radical (unpaired) electrons. The number of hydrogen-bond donors (Lipinski definition) is 2. The van der Waals surface area contributed by atoms with Gasteiger partial charge in [-0.1, -0.05) is 30.4 Å². The molecule has 0 aliphatic heterocycles. The molecular formula is C21H18N3O4S+. The number of nitrogens with one attached hydrogen (secondary N) is 1. The van der Waals surface area contributed by atoms with Crippen LogP contribution in [0.15, 0.2) is 79.1 Å². The molecule has 2 aromatic carbocycles. The van der Waals surface area contributed by atoms with Crippen LogP contribution >= 0.6 is 12.2 Å². The number of benzene rings is 2. The van der Waals surface area contributed by atoms with Crippen molar-refractivity contribution in [3.8, 4) is 5.75 Å². The van der Waals surface area contributed by atoms with Crippen molar-refractivity contribution in [2.75, 3.05) is 12.4 Å². The number of rotatable bonds is 6. The fourth-order valence-electron chi connectivity index (χ4n) is 2.70. The highest BCUT2D eigenvalue weighted by molar-refractivity contribution is 7.81. The molecule has 0 saturated heterocycles. The molecular weight excluding hydrogens is 390 g/mol. The van der Waals surface area contributed by atoms with Crippen molar-refractivity contribution >= 4 is 40.0 Å². The SMILES string of the molecule is COc1ccc(/C(O)=C(/C(=S)Nc2ccccc2[N+](=O)[O-])[n+]2ccccc2)cc1. The van der Waals surface area contributed by atoms with E-state index >= 15 is 0 Å². The maximum absolute atomic E-state index is 11.3. The van der Waals surface area contributed by atoms with Crippen LogP contribution in [0.5, 0.6) is 5.75 Å². The van der Waals surface area contributed by atoms with E-state index in [1.165, 1.54) is 6.07 Å². The van der Waals surface area contributed by atoms with Crippen LogP contribution in [-0.2, 0) is 0 Å². The molecule has 146 valence electrons. The monoisotopic (exact) mass is 408 g/mol. The van der Waals surface area contributed by atoms with E-state index in [9.17, 15) is 15.2 Å². The number of hydrogen-bond acceptors (Lipinski definition) is 5. The summed E-state index contributed by atoms with van der Waals surface area (Å²) in [5, 5.41) is 25.2. The molecule has 2 N–H and O–H groups in total. The van der Waals surface area contributed by atoms with Crippen LogP contribution in [0.3, 0.4) is 0 Å². The fourth-order valence-corrected chi connectivity index (χ4v) is 3.01. The maximum Gasteiger partial charge on any atom is 0.292 e. The number of ether oxygens (including phenoxy) is 1. The standard InChI is InChI=1S/C21H17N3O4S/c1-28-16-11-9-15(10-12-16)20(25)19(23-13-5-2-6-14-23)21(29)22-17-7-3-4-8-18(17)24(26)27/h2-14H,1H3,(H-,22,25,29)/p+1. The van der Waals surface area contributed by atoms with E-state index in [4.69, 9.17) is 17.0 Å². The third kappa shape index (κ3) is 4.56. The van der Waals surface area contributed by atoms with E-state index in [-0.39, 0.29) is 27.8 Å². The topological polar surface area (TPSA) is 88.5 Å². The Balaban J connectivity index is 2.06. The molecule has 29 heavy (non-hydrogen) atoms. The Labute approximate surface area is 172 Å². The lowest BCUT2D eigenvalue weighted by Gasteiger charge is -2.10. The average molecular weight is 408 g/mol. The van der Waals surface area contributed by atoms with E-state index in [1.807, 2.05) is 6.07 Å². The highest BCUT2D eigenvalue weighted by Gasteiger charge is 2.25. The van der Waals surface area contributed by atoms with Crippen molar-refractivity contribution in [1.29, 1.82) is 0 Å². The smallest absolute Gasteiger partial charge is 0.292 e. The van der Waals surface area contributed by atoms with Gasteiger partial charge < -0.3 is 15.2 Å². The molecule has 0 aliphatic carbocycles. The molecule has 1 heterocycles. The molecule has 0 spiro atoms. The van der Waals surface area contributed by atoms with E-state index in [1.54, 1.807) is 78.7 Å². The van der Waals surface area contributed by atoms with Gasteiger partial charge in [0.05, 0.1) is 12.0 Å². The molecule has 0 unspecified atom stereocenters. The summed E-state index contributed by atoms with van der Waals surface area (Å²) in [6.07, 6.45) is 3.45. The molecule has 8 heteroatoms. The van der Waals surface area contributed by atoms with Crippen molar-refractivity contribution < 1.29 is 19.3 Å². The minimum absolute atomic E-state index is 0.0834. The quantitative estimate of drug-likeness (QED) is 0.159. The molecule has 0 amide bonds. The van der Waals surface area contributed by atoms with Gasteiger partial charge in [-0.05, 0) is 30.3 Å². The number of nitro benzene ring substituents is 1. The lowest BCUT2D eigenvalue weighted by Crippen LogP contribution is -2.38. The van der Waals surface area contributed by atoms with Gasteiger partial charge in [0.2, 0.25) is 0 Å². The summed E-state index contributed by atoms with van der Waals surface area (Å²) >= 11 is 5.51. The number of nitrogens with zero attached hydrogens (tertiary/aromatic N) is 2. The van der Waals surface area contributed by atoms with E-state index < -0.39 is 4.92 Å². The Kier molecular flexibility index (Phi) is 6.16. The van der Waals surface area contributed by atoms with Gasteiger partial charge in [0.1, 0.15) is 11.4 Å². The van der Waals surface area contributed by atoms with E-state index in [2.05, 4.69) is 5.32 Å². The first-order valence-electron chi connectivity index (χ1n) is 8.60. The minimum atomic E-state index is -0.493. The van der Waals surface area contributed by atoms with Gasteiger partial charge in [0.15, 0.2) is 23.1 Å². The summed E-state index contributed by atoms with van der Waals surface area (Å²) in [7, 11) is 1.56. The Morgan fingerprint density at radius 2 is 1.72 bits per heavy atom. The summed E-state index contributed by atoms with van der Waals surface area (Å²) in [6, 6.07) is 18.4. The van der Waals surface area contributed by atoms with Crippen LogP contribution in [0.25, 0.3) is 11.5 Å². The van der Waals surface area contributed by atoms with Gasteiger partial charge >= 0.3 is 0 Å². The summed E-state index contributed by atoms with van der Waals surface area (Å²) < 4.78 is 6.79. The zero-order valence-electron chi connectivity index (χ0n) is 15.5. The number of methoxy groups -OCH3 is 1. The van der Waals surface area contributed by atoms with E-state index in [0.717, 1.165) is 0 Å². The molecule has 0 aliphatic rings. The lowest BCUT2D eigenvalue weighted by atomic mass is 10.1. The van der Waals surface area contributed by atoms with Crippen molar-refractivity contribution in [3.63, 3.8) is 0 Å². The van der Waals surface area contributed by atoms with Gasteiger partial charge in [-0.25, -0.2) is 0 Å². The summed E-state index contributed by atoms with van der Waals surface area (Å²) in [5.74, 6) is 0.566. The number of aliphatic hydroxyl groups excluding tert-OH is 1. The second-order valence-electron chi connectivity index (χ2n) is 5.94. The zero-order valence-corrected chi connectivity index (χ0v) is 16.3. The second kappa shape index (κ2) is 8.94. The largest absolute Gasteiger partial charge is 0.502 e. The van der Waals surface area contributed by atoms with Crippen LogP contribution in [-0.4, -0.2) is 22.1 Å². The predicted molar refractivity (Wildman–Crippen MR) is 115 cm³/mol. The fraction of sp³-hybridized carbons (Fsp3) is 0.0476. The predicted octanol–water partition coefficient (Wildman–Crippen LogP) is 4.21. The van der Waals surface area contributed by atoms with Gasteiger partial charge in [0, 0.05) is 23.8 Å². The van der Waals surface area contributed by atoms with Crippen LogP contribution in [0.1, 0.15) is 5.56 Å². The Hall–Kier alpha value is -3.78. The summed E-state index contributed by atoms with van der Waals surface area (Å²) in [5.41, 5.74) is 0.919. The minimum Gasteiger partial charge on any atom is -0.502 e. The Morgan fingerprint density at radius 3 is 2.34 bits per heavy atom. The number of thiocarbonyl (C=S) groups is 1. The Bertz CT molecular complexity index is 1070. The molecule has 1 aromatic heterocycles. The molecule has 3 aromatic rings. The number of aromatic nitrogens is 1. The first-order chi connectivity index (χ1) is 14.0. The van der Waals surface area contributed by atoms with Gasteiger partial charge in [-0.2, -0.15) is 4.57 Å². The molecule has 0 saturated carbocycles. The number of anilines is 1.